The predicted molar refractivity (Wildman–Crippen MR) is 35.0 cm³/mol. The van der Waals surface area contributed by atoms with Crippen LogP contribution >= 0.6 is 0 Å². The van der Waals surface area contributed by atoms with Gasteiger partial charge in [0.2, 0.25) is 0 Å². The normalized spacial score (nSPS) is 47.8. The van der Waals surface area contributed by atoms with Crippen LogP contribution in [0.5, 0.6) is 0 Å². The first-order valence-corrected chi connectivity index (χ1v) is 3.72. The van der Waals surface area contributed by atoms with Crippen molar-refractivity contribution in [1.82, 2.24) is 0 Å². The lowest BCUT2D eigenvalue weighted by atomic mass is 9.96. The maximum Gasteiger partial charge on any atom is 0.0950 e. The quantitative estimate of drug-likeness (QED) is 0.492. The number of rotatable bonds is 1. The van der Waals surface area contributed by atoms with Crippen LogP contribution in [-0.4, -0.2) is 6.04 Å². The van der Waals surface area contributed by atoms with Crippen molar-refractivity contribution in [1.29, 1.82) is 0 Å². The molecule has 9 heavy (non-hydrogen) atoms. The molecule has 0 aromatic carbocycles. The third-order valence-electron chi connectivity index (χ3n) is 2.84. The molecule has 0 aromatic heterocycles. The van der Waals surface area contributed by atoms with Crippen LogP contribution in [0.3, 0.4) is 0 Å². The van der Waals surface area contributed by atoms with Crippen LogP contribution in [0.15, 0.2) is 5.18 Å². The molecule has 2 bridgehead atoms. The smallest absolute Gasteiger partial charge is 0.0950 e. The van der Waals surface area contributed by atoms with Crippen molar-refractivity contribution >= 4 is 0 Å². The van der Waals surface area contributed by atoms with E-state index in [4.69, 9.17) is 0 Å². The highest BCUT2D eigenvalue weighted by Gasteiger charge is 2.40. The lowest BCUT2D eigenvalue weighted by molar-refractivity contribution is 0.418. The Morgan fingerprint density at radius 2 is 2.11 bits per heavy atom. The maximum atomic E-state index is 10.1. The average Bonchev–Trinajstić information content (AvgIpc) is 2.45. The molecule has 0 spiro atoms. The van der Waals surface area contributed by atoms with E-state index in [0.717, 1.165) is 12.3 Å². The highest BCUT2D eigenvalue weighted by molar-refractivity contribution is 4.93. The summed E-state index contributed by atoms with van der Waals surface area (Å²) < 4.78 is 0. The van der Waals surface area contributed by atoms with Crippen molar-refractivity contribution in [3.63, 3.8) is 0 Å². The fraction of sp³-hybridized carbons (Fsp3) is 1.00. The number of hydrogen-bond donors (Lipinski definition) is 0. The molecule has 50 valence electrons. The molecule has 2 heteroatoms. The molecule has 2 fully saturated rings. The Morgan fingerprint density at radius 1 is 1.22 bits per heavy atom. The van der Waals surface area contributed by atoms with E-state index in [-0.39, 0.29) is 6.04 Å². The largest absolute Gasteiger partial charge is 0.151 e. The summed E-state index contributed by atoms with van der Waals surface area (Å²) in [7, 11) is 0. The van der Waals surface area contributed by atoms with E-state index in [1.54, 1.807) is 0 Å². The molecule has 0 amide bonds. The van der Waals surface area contributed by atoms with E-state index in [2.05, 4.69) is 5.18 Å². The van der Waals surface area contributed by atoms with Crippen LogP contribution < -0.4 is 0 Å². The Kier molecular flexibility index (Phi) is 1.07. The molecular weight excluding hydrogens is 114 g/mol. The van der Waals surface area contributed by atoms with Crippen molar-refractivity contribution in [2.24, 2.45) is 17.0 Å². The van der Waals surface area contributed by atoms with E-state index in [9.17, 15) is 4.91 Å². The zero-order valence-corrected chi connectivity index (χ0v) is 5.42. The third kappa shape index (κ3) is 0.689. The number of hydrogen-bond acceptors (Lipinski definition) is 2. The molecule has 0 saturated heterocycles. The van der Waals surface area contributed by atoms with Gasteiger partial charge in [-0.2, -0.15) is 4.91 Å². The Bertz CT molecular complexity index is 135. The molecular formula is C7H11NO. The second kappa shape index (κ2) is 1.79. The Morgan fingerprint density at radius 3 is 2.44 bits per heavy atom. The van der Waals surface area contributed by atoms with Gasteiger partial charge in [-0.25, -0.2) is 0 Å². The number of fused-ring (bicyclic) bond motifs is 2. The third-order valence-corrected chi connectivity index (χ3v) is 2.84. The molecule has 0 radical (unpaired) electrons. The predicted octanol–water partition coefficient (Wildman–Crippen LogP) is 1.94. The summed E-state index contributed by atoms with van der Waals surface area (Å²) in [6, 6.07) is 0.198. The maximum absolute atomic E-state index is 10.1. The molecule has 0 heterocycles. The van der Waals surface area contributed by atoms with Crippen LogP contribution in [0.1, 0.15) is 25.7 Å². The second-order valence-electron chi connectivity index (χ2n) is 3.35. The first kappa shape index (κ1) is 5.39. The Hall–Kier alpha value is -0.400. The molecule has 0 N–H and O–H groups in total. The van der Waals surface area contributed by atoms with Gasteiger partial charge in [0, 0.05) is 0 Å². The van der Waals surface area contributed by atoms with E-state index in [1.165, 1.54) is 19.3 Å². The van der Waals surface area contributed by atoms with Crippen molar-refractivity contribution < 1.29 is 0 Å². The van der Waals surface area contributed by atoms with Crippen molar-refractivity contribution in [2.45, 2.75) is 31.7 Å². The summed E-state index contributed by atoms with van der Waals surface area (Å²) in [5.41, 5.74) is 0. The van der Waals surface area contributed by atoms with Gasteiger partial charge in [0.05, 0.1) is 6.04 Å². The van der Waals surface area contributed by atoms with Gasteiger partial charge in [0.25, 0.3) is 0 Å². The van der Waals surface area contributed by atoms with Crippen molar-refractivity contribution in [3.05, 3.63) is 4.91 Å². The van der Waals surface area contributed by atoms with Crippen LogP contribution in [0.25, 0.3) is 0 Å². The van der Waals surface area contributed by atoms with Crippen LogP contribution in [0.2, 0.25) is 0 Å². The minimum atomic E-state index is 0.198. The van der Waals surface area contributed by atoms with E-state index in [0.29, 0.717) is 5.92 Å². The molecule has 2 saturated carbocycles. The fourth-order valence-electron chi connectivity index (χ4n) is 2.34. The van der Waals surface area contributed by atoms with Gasteiger partial charge in [-0.3, -0.25) is 0 Å². The molecule has 0 aliphatic heterocycles. The summed E-state index contributed by atoms with van der Waals surface area (Å²) in [5.74, 6) is 1.53. The molecule has 2 nitrogen and oxygen atoms in total. The SMILES string of the molecule is O=NC1CC2CCC1C2. The van der Waals surface area contributed by atoms with Gasteiger partial charge in [-0.15, -0.1) is 0 Å². The van der Waals surface area contributed by atoms with Gasteiger partial charge in [0.1, 0.15) is 0 Å². The second-order valence-corrected chi connectivity index (χ2v) is 3.35. The summed E-state index contributed by atoms with van der Waals surface area (Å²) in [4.78, 5) is 10.1. The first-order valence-electron chi connectivity index (χ1n) is 3.72. The zero-order chi connectivity index (χ0) is 6.27. The fourth-order valence-corrected chi connectivity index (χ4v) is 2.34. The number of nitrogens with zero attached hydrogens (tertiary/aromatic N) is 1. The van der Waals surface area contributed by atoms with Crippen molar-refractivity contribution in [3.8, 4) is 0 Å². The first-order chi connectivity index (χ1) is 4.40. The van der Waals surface area contributed by atoms with Gasteiger partial charge in [0.15, 0.2) is 0 Å². The highest BCUT2D eigenvalue weighted by atomic mass is 16.3. The average molecular weight is 125 g/mol. The molecule has 0 aromatic rings. The molecule has 3 unspecified atom stereocenters. The van der Waals surface area contributed by atoms with Gasteiger partial charge in [-0.05, 0) is 31.1 Å². The Labute approximate surface area is 54.6 Å². The monoisotopic (exact) mass is 125 g/mol. The molecule has 2 aliphatic rings. The van der Waals surface area contributed by atoms with E-state index >= 15 is 0 Å². The summed E-state index contributed by atoms with van der Waals surface area (Å²) in [5, 5.41) is 3.12. The number of nitroso groups, excluding NO2 is 1. The molecule has 2 aliphatic carbocycles. The van der Waals surface area contributed by atoms with Crippen LogP contribution in [-0.2, 0) is 0 Å². The minimum Gasteiger partial charge on any atom is -0.151 e. The standard InChI is InChI=1S/C7H11NO/c9-8-7-4-5-1-2-6(7)3-5/h5-7H,1-4H2. The topological polar surface area (TPSA) is 29.4 Å². The molecule has 3 atom stereocenters. The van der Waals surface area contributed by atoms with E-state index in [1.807, 2.05) is 0 Å². The summed E-state index contributed by atoms with van der Waals surface area (Å²) in [6.07, 6.45) is 5.00. The summed E-state index contributed by atoms with van der Waals surface area (Å²) in [6.45, 7) is 0. The Balaban J connectivity index is 2.09. The van der Waals surface area contributed by atoms with Crippen LogP contribution in [0.4, 0.5) is 0 Å². The minimum absolute atomic E-state index is 0.198. The lowest BCUT2D eigenvalue weighted by Gasteiger charge is -2.12. The van der Waals surface area contributed by atoms with Gasteiger partial charge < -0.3 is 0 Å². The lowest BCUT2D eigenvalue weighted by Crippen LogP contribution is -2.12. The summed E-state index contributed by atoms with van der Waals surface area (Å²) >= 11 is 0. The molecule has 2 rings (SSSR count). The van der Waals surface area contributed by atoms with Crippen molar-refractivity contribution in [2.75, 3.05) is 0 Å². The van der Waals surface area contributed by atoms with E-state index < -0.39 is 0 Å². The van der Waals surface area contributed by atoms with Gasteiger partial charge in [-0.1, -0.05) is 11.6 Å². The zero-order valence-electron chi connectivity index (χ0n) is 5.42. The van der Waals surface area contributed by atoms with Gasteiger partial charge >= 0.3 is 0 Å². The van der Waals surface area contributed by atoms with Crippen LogP contribution in [0, 0.1) is 16.7 Å². The highest BCUT2D eigenvalue weighted by Crippen LogP contribution is 2.45.